The average molecular weight is 316 g/mol. The zero-order chi connectivity index (χ0) is 14.5. The fourth-order valence-corrected chi connectivity index (χ4v) is 3.13. The molecule has 3 nitrogen and oxygen atoms in total. The molecule has 1 aromatic heterocycles. The SMILES string of the molecule is Clc1cccc(-n2cnnc2SCCc2ccccc2)c1. The predicted molar refractivity (Wildman–Crippen MR) is 87.2 cm³/mol. The molecule has 0 fully saturated rings. The van der Waals surface area contributed by atoms with E-state index in [0.717, 1.165) is 23.0 Å². The maximum atomic E-state index is 6.04. The molecule has 0 unspecified atom stereocenters. The van der Waals surface area contributed by atoms with Gasteiger partial charge in [0.1, 0.15) is 6.33 Å². The van der Waals surface area contributed by atoms with Gasteiger partial charge in [-0.15, -0.1) is 10.2 Å². The van der Waals surface area contributed by atoms with E-state index >= 15 is 0 Å². The number of thioether (sulfide) groups is 1. The van der Waals surface area contributed by atoms with Gasteiger partial charge in [0.2, 0.25) is 0 Å². The molecule has 0 bridgehead atoms. The van der Waals surface area contributed by atoms with Crippen LogP contribution in [0, 0.1) is 0 Å². The van der Waals surface area contributed by atoms with E-state index in [4.69, 9.17) is 11.6 Å². The lowest BCUT2D eigenvalue weighted by Crippen LogP contribution is -1.96. The molecule has 0 aliphatic rings. The van der Waals surface area contributed by atoms with Gasteiger partial charge in [0.25, 0.3) is 0 Å². The zero-order valence-electron chi connectivity index (χ0n) is 11.3. The monoisotopic (exact) mass is 315 g/mol. The van der Waals surface area contributed by atoms with Gasteiger partial charge in [0.15, 0.2) is 5.16 Å². The summed E-state index contributed by atoms with van der Waals surface area (Å²) in [6.07, 6.45) is 2.73. The van der Waals surface area contributed by atoms with Crippen LogP contribution in [-0.2, 0) is 6.42 Å². The van der Waals surface area contributed by atoms with Gasteiger partial charge in [-0.1, -0.05) is 59.8 Å². The molecule has 21 heavy (non-hydrogen) atoms. The van der Waals surface area contributed by atoms with E-state index in [0.29, 0.717) is 5.02 Å². The Bertz CT molecular complexity index is 712. The van der Waals surface area contributed by atoms with Crippen LogP contribution >= 0.6 is 23.4 Å². The lowest BCUT2D eigenvalue weighted by atomic mass is 10.2. The summed E-state index contributed by atoms with van der Waals surface area (Å²) in [5, 5.41) is 9.78. The molecule has 1 heterocycles. The van der Waals surface area contributed by atoms with Crippen molar-refractivity contribution in [2.24, 2.45) is 0 Å². The normalized spacial score (nSPS) is 10.7. The summed E-state index contributed by atoms with van der Waals surface area (Å²) in [5.41, 5.74) is 2.31. The minimum Gasteiger partial charge on any atom is -0.277 e. The number of hydrogen-bond acceptors (Lipinski definition) is 3. The largest absolute Gasteiger partial charge is 0.277 e. The molecule has 0 atom stereocenters. The van der Waals surface area contributed by atoms with E-state index in [1.54, 1.807) is 18.1 Å². The topological polar surface area (TPSA) is 30.7 Å². The van der Waals surface area contributed by atoms with Gasteiger partial charge in [-0.05, 0) is 30.2 Å². The smallest absolute Gasteiger partial charge is 0.195 e. The summed E-state index contributed by atoms with van der Waals surface area (Å²) in [5.74, 6) is 0.962. The van der Waals surface area contributed by atoms with Gasteiger partial charge in [0.05, 0.1) is 5.69 Å². The fraction of sp³-hybridized carbons (Fsp3) is 0.125. The van der Waals surface area contributed by atoms with Crippen molar-refractivity contribution in [1.29, 1.82) is 0 Å². The van der Waals surface area contributed by atoms with Crippen LogP contribution < -0.4 is 0 Å². The quantitative estimate of drug-likeness (QED) is 0.659. The Morgan fingerprint density at radius 3 is 2.71 bits per heavy atom. The van der Waals surface area contributed by atoms with E-state index in [2.05, 4.69) is 34.5 Å². The zero-order valence-corrected chi connectivity index (χ0v) is 12.9. The second kappa shape index (κ2) is 6.78. The van der Waals surface area contributed by atoms with Gasteiger partial charge in [-0.3, -0.25) is 4.57 Å². The third-order valence-electron chi connectivity index (χ3n) is 3.07. The molecular weight excluding hydrogens is 302 g/mol. The molecular formula is C16H14ClN3S. The maximum absolute atomic E-state index is 6.04. The first-order valence-corrected chi connectivity index (χ1v) is 8.02. The van der Waals surface area contributed by atoms with Crippen LogP contribution in [0.4, 0.5) is 0 Å². The number of rotatable bonds is 5. The number of halogens is 1. The number of nitrogens with zero attached hydrogens (tertiary/aromatic N) is 3. The second-order valence-corrected chi connectivity index (χ2v) is 6.05. The van der Waals surface area contributed by atoms with Crippen LogP contribution in [0.5, 0.6) is 0 Å². The molecule has 3 rings (SSSR count). The Hall–Kier alpha value is -1.78. The summed E-state index contributed by atoms with van der Waals surface area (Å²) < 4.78 is 1.96. The summed E-state index contributed by atoms with van der Waals surface area (Å²) in [7, 11) is 0. The standard InChI is InChI=1S/C16H14ClN3S/c17-14-7-4-8-15(11-14)20-12-18-19-16(20)21-10-9-13-5-2-1-3-6-13/h1-8,11-12H,9-10H2. The fourth-order valence-electron chi connectivity index (χ4n) is 2.03. The molecule has 0 aliphatic heterocycles. The van der Waals surface area contributed by atoms with Crippen LogP contribution in [0.15, 0.2) is 66.1 Å². The summed E-state index contributed by atoms with van der Waals surface area (Å²) >= 11 is 7.73. The first kappa shape index (κ1) is 14.2. The lowest BCUT2D eigenvalue weighted by molar-refractivity contribution is 0.883. The van der Waals surface area contributed by atoms with Crippen molar-refractivity contribution >= 4 is 23.4 Å². The van der Waals surface area contributed by atoms with Crippen LogP contribution in [0.2, 0.25) is 5.02 Å². The molecule has 0 radical (unpaired) electrons. The van der Waals surface area contributed by atoms with E-state index in [9.17, 15) is 0 Å². The van der Waals surface area contributed by atoms with E-state index in [-0.39, 0.29) is 0 Å². The van der Waals surface area contributed by atoms with Crippen LogP contribution in [0.25, 0.3) is 5.69 Å². The van der Waals surface area contributed by atoms with Crippen LogP contribution in [0.3, 0.4) is 0 Å². The van der Waals surface area contributed by atoms with Crippen molar-refractivity contribution in [1.82, 2.24) is 14.8 Å². The van der Waals surface area contributed by atoms with Gasteiger partial charge >= 0.3 is 0 Å². The number of aromatic nitrogens is 3. The van der Waals surface area contributed by atoms with E-state index < -0.39 is 0 Å². The maximum Gasteiger partial charge on any atom is 0.195 e. The van der Waals surface area contributed by atoms with E-state index in [1.165, 1.54) is 5.56 Å². The van der Waals surface area contributed by atoms with Gasteiger partial charge in [0, 0.05) is 10.8 Å². The van der Waals surface area contributed by atoms with Gasteiger partial charge < -0.3 is 0 Å². The van der Waals surface area contributed by atoms with Crippen LogP contribution in [0.1, 0.15) is 5.56 Å². The Kier molecular flexibility index (Phi) is 4.58. The molecule has 0 saturated carbocycles. The minimum absolute atomic E-state index is 0.710. The molecule has 2 aromatic carbocycles. The lowest BCUT2D eigenvalue weighted by Gasteiger charge is -2.06. The van der Waals surface area contributed by atoms with Gasteiger partial charge in [-0.2, -0.15) is 0 Å². The highest BCUT2D eigenvalue weighted by Crippen LogP contribution is 2.22. The molecule has 0 aliphatic carbocycles. The molecule has 0 spiro atoms. The molecule has 0 N–H and O–H groups in total. The molecule has 0 saturated heterocycles. The highest BCUT2D eigenvalue weighted by Gasteiger charge is 2.07. The number of hydrogen-bond donors (Lipinski definition) is 0. The first-order valence-electron chi connectivity index (χ1n) is 6.65. The van der Waals surface area contributed by atoms with Gasteiger partial charge in [-0.25, -0.2) is 0 Å². The summed E-state index contributed by atoms with van der Waals surface area (Å²) in [4.78, 5) is 0. The third-order valence-corrected chi connectivity index (χ3v) is 4.25. The summed E-state index contributed by atoms with van der Waals surface area (Å²) in [6.45, 7) is 0. The highest BCUT2D eigenvalue weighted by atomic mass is 35.5. The number of benzene rings is 2. The van der Waals surface area contributed by atoms with Crippen molar-refractivity contribution < 1.29 is 0 Å². The number of aryl methyl sites for hydroxylation is 1. The molecule has 5 heteroatoms. The predicted octanol–water partition coefficient (Wildman–Crippen LogP) is 4.26. The molecule has 106 valence electrons. The van der Waals surface area contributed by atoms with Crippen molar-refractivity contribution in [2.45, 2.75) is 11.6 Å². The second-order valence-electron chi connectivity index (χ2n) is 4.55. The van der Waals surface area contributed by atoms with Crippen LogP contribution in [-0.4, -0.2) is 20.5 Å². The Morgan fingerprint density at radius 1 is 1.05 bits per heavy atom. The molecule has 3 aromatic rings. The van der Waals surface area contributed by atoms with E-state index in [1.807, 2.05) is 34.9 Å². The average Bonchev–Trinajstić information content (AvgIpc) is 2.97. The highest BCUT2D eigenvalue weighted by molar-refractivity contribution is 7.99. The third kappa shape index (κ3) is 3.65. The first-order chi connectivity index (χ1) is 10.3. The Labute approximate surface area is 133 Å². The Balaban J connectivity index is 1.69. The van der Waals surface area contributed by atoms with Crippen molar-refractivity contribution in [3.63, 3.8) is 0 Å². The summed E-state index contributed by atoms with van der Waals surface area (Å²) in [6, 6.07) is 18.1. The molecule has 0 amide bonds. The minimum atomic E-state index is 0.710. The Morgan fingerprint density at radius 2 is 1.90 bits per heavy atom. The van der Waals surface area contributed by atoms with Crippen molar-refractivity contribution in [2.75, 3.05) is 5.75 Å². The van der Waals surface area contributed by atoms with Crippen molar-refractivity contribution in [3.8, 4) is 5.69 Å². The van der Waals surface area contributed by atoms with Crippen molar-refractivity contribution in [3.05, 3.63) is 71.5 Å².